The van der Waals surface area contributed by atoms with Crippen LogP contribution in [0.4, 0.5) is 0 Å². The third-order valence-corrected chi connectivity index (χ3v) is 9.01. The van der Waals surface area contributed by atoms with Crippen LogP contribution < -0.4 is 5.32 Å². The van der Waals surface area contributed by atoms with Crippen LogP contribution in [0.2, 0.25) is 0 Å². The van der Waals surface area contributed by atoms with Crippen molar-refractivity contribution < 1.29 is 19.2 Å². The highest BCUT2D eigenvalue weighted by Gasteiger charge is 2.45. The molecule has 8 nitrogen and oxygen atoms in total. The van der Waals surface area contributed by atoms with E-state index >= 15 is 0 Å². The molecule has 0 spiro atoms. The van der Waals surface area contributed by atoms with E-state index < -0.39 is 18.1 Å². The Hall–Kier alpha value is -3.04. The average Bonchev–Trinajstić information content (AvgIpc) is 3.25. The molecule has 3 heterocycles. The second-order valence-electron chi connectivity index (χ2n) is 11.4. The number of likely N-dealkylation sites (tertiary alicyclic amines) is 1. The Bertz CT molecular complexity index is 1310. The zero-order chi connectivity index (χ0) is 27.2. The molecule has 1 unspecified atom stereocenters. The molecule has 9 heteroatoms. The Balaban J connectivity index is 1.29. The number of aryl methyl sites for hydroxylation is 1. The van der Waals surface area contributed by atoms with Gasteiger partial charge in [-0.1, -0.05) is 50.2 Å². The summed E-state index contributed by atoms with van der Waals surface area (Å²) in [6.45, 7) is 10.1. The minimum absolute atomic E-state index is 0.0341. The lowest BCUT2D eigenvalue weighted by atomic mass is 9.90. The zero-order valence-electron chi connectivity index (χ0n) is 22.6. The summed E-state index contributed by atoms with van der Waals surface area (Å²) in [5, 5.41) is 17.8. The fraction of sp³-hybridized carbons (Fsp3) is 0.517. The van der Waals surface area contributed by atoms with Gasteiger partial charge in [0.15, 0.2) is 0 Å². The number of hydrogen-bond acceptors (Lipinski definition) is 7. The first-order chi connectivity index (χ1) is 18.1. The van der Waals surface area contributed by atoms with Crippen molar-refractivity contribution in [1.82, 2.24) is 20.4 Å². The van der Waals surface area contributed by atoms with E-state index in [9.17, 15) is 14.7 Å². The third kappa shape index (κ3) is 5.14. The molecule has 38 heavy (non-hydrogen) atoms. The molecule has 1 saturated heterocycles. The number of β-amino-alcohol motifs (C(OH)–C–C–N with tert-alkyl or cyclic N) is 1. The maximum Gasteiger partial charge on any atom is 0.243 e. The van der Waals surface area contributed by atoms with E-state index in [2.05, 4.69) is 22.4 Å². The monoisotopic (exact) mass is 536 g/mol. The van der Waals surface area contributed by atoms with Gasteiger partial charge >= 0.3 is 0 Å². The number of nitrogens with zero attached hydrogens (tertiary/aromatic N) is 3. The second-order valence-corrected chi connectivity index (χ2v) is 12.3. The minimum atomic E-state index is -0.754. The molecular weight excluding hydrogens is 500 g/mol. The van der Waals surface area contributed by atoms with Crippen molar-refractivity contribution in [3.05, 3.63) is 58.6 Å². The van der Waals surface area contributed by atoms with Gasteiger partial charge in [-0.25, -0.2) is 4.98 Å². The van der Waals surface area contributed by atoms with Crippen molar-refractivity contribution in [3.8, 4) is 10.4 Å². The number of thiazole rings is 1. The topological polar surface area (TPSA) is 109 Å². The zero-order valence-corrected chi connectivity index (χ0v) is 23.4. The highest BCUT2D eigenvalue weighted by molar-refractivity contribution is 7.13. The Morgan fingerprint density at radius 2 is 1.92 bits per heavy atom. The molecule has 1 aliphatic carbocycles. The van der Waals surface area contributed by atoms with Crippen molar-refractivity contribution in [3.63, 3.8) is 0 Å². The van der Waals surface area contributed by atoms with Gasteiger partial charge in [0.1, 0.15) is 17.7 Å². The van der Waals surface area contributed by atoms with Crippen LogP contribution in [0.15, 0.2) is 40.4 Å². The number of aliphatic hydroxyl groups is 1. The highest BCUT2D eigenvalue weighted by Crippen LogP contribution is 2.47. The Kier molecular flexibility index (Phi) is 7.17. The Labute approximate surface area is 227 Å². The fourth-order valence-corrected chi connectivity index (χ4v) is 6.09. The van der Waals surface area contributed by atoms with Crippen molar-refractivity contribution in [2.24, 2.45) is 5.92 Å². The SMILES string of the molecule is Cc1ncsc1-c1ccc([C@H](C)NC(=O)[C@@H]2C[C@@H](O)CN2C(=O)C(c2cc(C3(C)CC3)no2)C(C)C)cc1. The van der Waals surface area contributed by atoms with Gasteiger partial charge in [-0.15, -0.1) is 11.3 Å². The number of nitrogens with one attached hydrogen (secondary N) is 1. The van der Waals surface area contributed by atoms with E-state index in [1.54, 1.807) is 11.3 Å². The quantitative estimate of drug-likeness (QED) is 0.431. The summed E-state index contributed by atoms with van der Waals surface area (Å²) in [5.41, 5.74) is 5.80. The molecule has 2 amide bonds. The maximum absolute atomic E-state index is 13.8. The van der Waals surface area contributed by atoms with Crippen LogP contribution in [0.1, 0.15) is 81.6 Å². The number of aromatic nitrogens is 2. The van der Waals surface area contributed by atoms with Crippen molar-refractivity contribution in [1.29, 1.82) is 0 Å². The second kappa shape index (κ2) is 10.3. The van der Waals surface area contributed by atoms with Crippen molar-refractivity contribution >= 4 is 23.2 Å². The minimum Gasteiger partial charge on any atom is -0.391 e. The molecular formula is C29H36N4O4S. The van der Waals surface area contributed by atoms with Gasteiger partial charge < -0.3 is 19.8 Å². The summed E-state index contributed by atoms with van der Waals surface area (Å²) >= 11 is 1.60. The largest absolute Gasteiger partial charge is 0.391 e. The highest BCUT2D eigenvalue weighted by atomic mass is 32.1. The molecule has 1 saturated carbocycles. The van der Waals surface area contributed by atoms with Gasteiger partial charge in [-0.2, -0.15) is 0 Å². The number of carbonyl (C=O) groups is 2. The van der Waals surface area contributed by atoms with E-state index in [-0.39, 0.29) is 42.2 Å². The van der Waals surface area contributed by atoms with E-state index in [1.807, 2.05) is 63.5 Å². The number of rotatable bonds is 8. The third-order valence-electron chi connectivity index (χ3n) is 8.03. The van der Waals surface area contributed by atoms with Crippen molar-refractivity contribution in [2.75, 3.05) is 6.54 Å². The lowest BCUT2D eigenvalue weighted by Crippen LogP contribution is -2.48. The van der Waals surface area contributed by atoms with Crippen LogP contribution in [0, 0.1) is 12.8 Å². The van der Waals surface area contributed by atoms with Gasteiger partial charge in [-0.05, 0) is 43.7 Å². The summed E-state index contributed by atoms with van der Waals surface area (Å²) in [7, 11) is 0. The molecule has 4 atom stereocenters. The molecule has 2 aromatic heterocycles. The van der Waals surface area contributed by atoms with Crippen LogP contribution in [0.25, 0.3) is 10.4 Å². The van der Waals surface area contributed by atoms with Crippen LogP contribution in [-0.2, 0) is 15.0 Å². The maximum atomic E-state index is 13.8. The lowest BCUT2D eigenvalue weighted by molar-refractivity contribution is -0.141. The van der Waals surface area contributed by atoms with E-state index in [4.69, 9.17) is 4.52 Å². The van der Waals surface area contributed by atoms with Crippen molar-refractivity contribution in [2.45, 2.75) is 83.4 Å². The van der Waals surface area contributed by atoms with E-state index in [0.717, 1.165) is 40.2 Å². The fourth-order valence-electron chi connectivity index (χ4n) is 5.28. The summed E-state index contributed by atoms with van der Waals surface area (Å²) in [5.74, 6) is -0.581. The molecule has 0 bridgehead atoms. The molecule has 202 valence electrons. The van der Waals surface area contributed by atoms with E-state index in [0.29, 0.717) is 5.76 Å². The first-order valence-corrected chi connectivity index (χ1v) is 14.2. The summed E-state index contributed by atoms with van der Waals surface area (Å²) in [4.78, 5) is 34.2. The first kappa shape index (κ1) is 26.6. The first-order valence-electron chi connectivity index (χ1n) is 13.3. The van der Waals surface area contributed by atoms with Gasteiger partial charge in [0.2, 0.25) is 11.8 Å². The number of benzene rings is 1. The van der Waals surface area contributed by atoms with Gasteiger partial charge in [-0.3, -0.25) is 9.59 Å². The van der Waals surface area contributed by atoms with E-state index in [1.165, 1.54) is 4.90 Å². The van der Waals surface area contributed by atoms with Gasteiger partial charge in [0, 0.05) is 24.4 Å². The molecule has 5 rings (SSSR count). The molecule has 0 radical (unpaired) electrons. The Morgan fingerprint density at radius 1 is 1.21 bits per heavy atom. The number of carbonyl (C=O) groups excluding carboxylic acids is 2. The molecule has 2 fully saturated rings. The van der Waals surface area contributed by atoms with Gasteiger partial charge in [0.05, 0.1) is 33.9 Å². The van der Waals surface area contributed by atoms with Crippen LogP contribution in [0.5, 0.6) is 0 Å². The Morgan fingerprint density at radius 3 is 2.53 bits per heavy atom. The molecule has 3 aromatic rings. The van der Waals surface area contributed by atoms with Crippen LogP contribution in [-0.4, -0.2) is 50.7 Å². The van der Waals surface area contributed by atoms with Gasteiger partial charge in [0.25, 0.3) is 0 Å². The predicted molar refractivity (Wildman–Crippen MR) is 146 cm³/mol. The summed E-state index contributed by atoms with van der Waals surface area (Å²) in [6.07, 6.45) is 1.57. The number of aliphatic hydroxyl groups excluding tert-OH is 1. The number of hydrogen-bond donors (Lipinski definition) is 2. The standard InChI is InChI=1S/C29H36N4O4S/c1-16(2)25(23-13-24(32-37-23)29(5)10-11-29)28(36)33-14-21(34)12-22(33)27(35)31-17(3)19-6-8-20(9-7-19)26-18(4)30-15-38-26/h6-9,13,15-17,21-22,25,34H,10-12,14H2,1-5H3,(H,31,35)/t17-,21+,22-,25?/m0/s1. The van der Waals surface area contributed by atoms with Crippen LogP contribution in [0.3, 0.4) is 0 Å². The molecule has 2 aliphatic rings. The molecule has 1 aliphatic heterocycles. The average molecular weight is 537 g/mol. The van der Waals surface area contributed by atoms with Crippen LogP contribution >= 0.6 is 11.3 Å². The smallest absolute Gasteiger partial charge is 0.243 e. The molecule has 2 N–H and O–H groups in total. The summed E-state index contributed by atoms with van der Waals surface area (Å²) < 4.78 is 5.66. The number of amides is 2. The molecule has 1 aromatic carbocycles. The summed E-state index contributed by atoms with van der Waals surface area (Å²) in [6, 6.07) is 8.97. The predicted octanol–water partition coefficient (Wildman–Crippen LogP) is 4.74. The normalized spacial score (nSPS) is 21.9. The lowest BCUT2D eigenvalue weighted by Gasteiger charge is -2.29.